The Bertz CT molecular complexity index is 709. The Hall–Kier alpha value is -2.29. The van der Waals surface area contributed by atoms with Gasteiger partial charge in [0, 0.05) is 22.9 Å². The van der Waals surface area contributed by atoms with Gasteiger partial charge in [0.2, 0.25) is 0 Å². The van der Waals surface area contributed by atoms with Crippen LogP contribution in [0.4, 0.5) is 10.7 Å². The van der Waals surface area contributed by atoms with Crippen molar-refractivity contribution in [2.75, 3.05) is 17.6 Å². The fourth-order valence-electron chi connectivity index (χ4n) is 1.62. The second-order valence-electron chi connectivity index (χ2n) is 4.80. The number of nitrogens with two attached hydrogens (primary N) is 1. The number of aldehydes is 1. The number of nitrogens with zero attached hydrogens (tertiary/aromatic N) is 1. The van der Waals surface area contributed by atoms with Gasteiger partial charge in [-0.1, -0.05) is 35.9 Å². The summed E-state index contributed by atoms with van der Waals surface area (Å²) in [5.41, 5.74) is 7.81. The predicted octanol–water partition coefficient (Wildman–Crippen LogP) is 5.33. The summed E-state index contributed by atoms with van der Waals surface area (Å²) in [5.74, 6) is 0. The lowest BCUT2D eigenvalue weighted by Gasteiger charge is -1.98. The Kier molecular flexibility index (Phi) is 11.9. The van der Waals surface area contributed by atoms with Crippen molar-refractivity contribution in [3.63, 3.8) is 0 Å². The number of allylic oxidation sites excluding steroid dienone is 6. The largest absolute Gasteiger partial charge is 0.397 e. The fourth-order valence-corrected chi connectivity index (χ4v) is 2.61. The normalized spacial score (nSPS) is 11.5. The molecule has 3 N–H and O–H groups in total. The molecule has 0 aliphatic heterocycles. The molecule has 0 aliphatic carbocycles. The molecule has 0 unspecified atom stereocenters. The maximum atomic E-state index is 10.2. The van der Waals surface area contributed by atoms with Crippen molar-refractivity contribution in [2.24, 2.45) is 0 Å². The molecule has 1 rings (SSSR count). The molecule has 0 amide bonds. The van der Waals surface area contributed by atoms with E-state index >= 15 is 0 Å². The number of hydrogen-bond acceptors (Lipinski definition) is 5. The number of carbonyl (C=O) groups excluding carboxylic acids is 1. The van der Waals surface area contributed by atoms with Gasteiger partial charge in [-0.2, -0.15) is 5.26 Å². The van der Waals surface area contributed by atoms with E-state index in [1.165, 1.54) is 11.3 Å². The molecule has 25 heavy (non-hydrogen) atoms. The lowest BCUT2D eigenvalue weighted by molar-refractivity contribution is -0.107. The minimum atomic E-state index is 0.445. The van der Waals surface area contributed by atoms with Gasteiger partial charge in [-0.05, 0) is 32.4 Å². The molecule has 6 heteroatoms. The number of nitrogens with one attached hydrogen (secondary N) is 1. The van der Waals surface area contributed by atoms with E-state index in [2.05, 4.69) is 18.0 Å². The summed E-state index contributed by atoms with van der Waals surface area (Å²) in [7, 11) is 0. The van der Waals surface area contributed by atoms with Crippen LogP contribution >= 0.6 is 22.9 Å². The van der Waals surface area contributed by atoms with Gasteiger partial charge in [0.25, 0.3) is 0 Å². The van der Waals surface area contributed by atoms with Crippen molar-refractivity contribution < 1.29 is 4.79 Å². The van der Waals surface area contributed by atoms with Crippen LogP contribution in [0.5, 0.6) is 0 Å². The van der Waals surface area contributed by atoms with E-state index in [0.717, 1.165) is 21.7 Å². The highest BCUT2D eigenvalue weighted by molar-refractivity contribution is 7.16. The van der Waals surface area contributed by atoms with Gasteiger partial charge < -0.3 is 15.8 Å². The zero-order valence-corrected chi connectivity index (χ0v) is 16.4. The number of hydrogen-bond donors (Lipinski definition) is 2. The van der Waals surface area contributed by atoms with E-state index < -0.39 is 0 Å². The summed E-state index contributed by atoms with van der Waals surface area (Å²) in [6.45, 7) is 9.90. The minimum Gasteiger partial charge on any atom is -0.397 e. The van der Waals surface area contributed by atoms with Crippen molar-refractivity contribution in [1.29, 1.82) is 5.26 Å². The third-order valence-electron chi connectivity index (χ3n) is 3.07. The summed E-state index contributed by atoms with van der Waals surface area (Å²) in [4.78, 5) is 11.1. The second kappa shape index (κ2) is 13.1. The predicted molar refractivity (Wildman–Crippen MR) is 110 cm³/mol. The number of aryl methyl sites for hydroxylation is 1. The van der Waals surface area contributed by atoms with Crippen molar-refractivity contribution >= 4 is 39.9 Å². The van der Waals surface area contributed by atoms with E-state index in [-0.39, 0.29) is 0 Å². The lowest BCUT2D eigenvalue weighted by atomic mass is 10.2. The lowest BCUT2D eigenvalue weighted by Crippen LogP contribution is -1.97. The molecule has 1 heterocycles. The van der Waals surface area contributed by atoms with Gasteiger partial charge in [-0.25, -0.2) is 0 Å². The second-order valence-corrected chi connectivity index (χ2v) is 6.46. The van der Waals surface area contributed by atoms with Gasteiger partial charge in [0.15, 0.2) is 0 Å². The van der Waals surface area contributed by atoms with Crippen LogP contribution in [0.2, 0.25) is 0 Å². The summed E-state index contributed by atoms with van der Waals surface area (Å²) < 4.78 is 0. The van der Waals surface area contributed by atoms with Crippen LogP contribution in [0, 0.1) is 18.3 Å². The average Bonchev–Trinajstić information content (AvgIpc) is 2.90. The first-order valence-corrected chi connectivity index (χ1v) is 8.86. The minimum absolute atomic E-state index is 0.445. The Balaban J connectivity index is 0.000000463. The SMILES string of the molecule is C=CCNc1sc(C)c(N)c1C#N.C\C=C(/C=C\C(Cl)=C/C)CC=O. The molecule has 0 aromatic carbocycles. The number of nitriles is 1. The summed E-state index contributed by atoms with van der Waals surface area (Å²) >= 11 is 7.22. The van der Waals surface area contributed by atoms with Crippen LogP contribution in [0.1, 0.15) is 30.7 Å². The van der Waals surface area contributed by atoms with E-state index in [4.69, 9.17) is 22.6 Å². The van der Waals surface area contributed by atoms with Gasteiger partial charge in [0.1, 0.15) is 22.9 Å². The highest BCUT2D eigenvalue weighted by atomic mass is 35.5. The zero-order valence-electron chi connectivity index (χ0n) is 14.8. The zero-order chi connectivity index (χ0) is 19.2. The van der Waals surface area contributed by atoms with Crippen molar-refractivity contribution in [3.05, 3.63) is 58.0 Å². The average molecular weight is 378 g/mol. The summed E-state index contributed by atoms with van der Waals surface area (Å²) in [5, 5.41) is 13.4. The van der Waals surface area contributed by atoms with Crippen LogP contribution in [-0.4, -0.2) is 12.8 Å². The maximum absolute atomic E-state index is 10.2. The first-order valence-electron chi connectivity index (χ1n) is 7.67. The van der Waals surface area contributed by atoms with Crippen molar-refractivity contribution in [2.45, 2.75) is 27.2 Å². The molecule has 134 valence electrons. The molecule has 0 atom stereocenters. The summed E-state index contributed by atoms with van der Waals surface area (Å²) in [6, 6.07) is 2.08. The highest BCUT2D eigenvalue weighted by Crippen LogP contribution is 2.33. The molecule has 0 saturated heterocycles. The topological polar surface area (TPSA) is 78.9 Å². The first-order chi connectivity index (χ1) is 11.9. The van der Waals surface area contributed by atoms with Crippen LogP contribution in [0.15, 0.2) is 47.6 Å². The Morgan fingerprint density at radius 2 is 2.08 bits per heavy atom. The monoisotopic (exact) mass is 377 g/mol. The van der Waals surface area contributed by atoms with Crippen LogP contribution < -0.4 is 11.1 Å². The molecule has 0 saturated carbocycles. The first kappa shape index (κ1) is 22.7. The molecular formula is C19H24ClN3OS. The van der Waals surface area contributed by atoms with Crippen LogP contribution in [-0.2, 0) is 4.79 Å². The van der Waals surface area contributed by atoms with E-state index in [1.807, 2.05) is 32.9 Å². The van der Waals surface area contributed by atoms with Gasteiger partial charge in [-0.15, -0.1) is 17.9 Å². The number of carbonyl (C=O) groups is 1. The Labute approximate surface area is 159 Å². The molecule has 0 spiro atoms. The fraction of sp³-hybridized carbons (Fsp3) is 0.263. The van der Waals surface area contributed by atoms with Gasteiger partial charge >= 0.3 is 0 Å². The van der Waals surface area contributed by atoms with Gasteiger partial charge in [0.05, 0.1) is 5.69 Å². The molecule has 0 bridgehead atoms. The highest BCUT2D eigenvalue weighted by Gasteiger charge is 2.11. The summed E-state index contributed by atoms with van der Waals surface area (Å²) in [6.07, 6.45) is 10.4. The molecule has 0 radical (unpaired) electrons. The van der Waals surface area contributed by atoms with E-state index in [9.17, 15) is 4.79 Å². The third kappa shape index (κ3) is 8.39. The Morgan fingerprint density at radius 3 is 2.56 bits per heavy atom. The number of nitrogen functional groups attached to an aromatic ring is 1. The number of thiophene rings is 1. The smallest absolute Gasteiger partial charge is 0.124 e. The quantitative estimate of drug-likeness (QED) is 0.382. The number of halogens is 1. The molecule has 1 aromatic heterocycles. The van der Waals surface area contributed by atoms with Crippen LogP contribution in [0.25, 0.3) is 0 Å². The standard InChI is InChI=1S/C10H13ClO.C9H11N3S/c1-3-9(7-8-12)5-6-10(11)4-2;1-3-4-12-9-7(5-10)8(11)6(2)13-9/h3-6,8H,7H2,1-2H3;3,12H,1,4,11H2,2H3/b6-5-,9-3+,10-4+;. The number of anilines is 2. The van der Waals surface area contributed by atoms with Crippen LogP contribution in [0.3, 0.4) is 0 Å². The van der Waals surface area contributed by atoms with Crippen molar-refractivity contribution in [1.82, 2.24) is 0 Å². The molecule has 0 aliphatic rings. The molecule has 4 nitrogen and oxygen atoms in total. The van der Waals surface area contributed by atoms with Crippen molar-refractivity contribution in [3.8, 4) is 6.07 Å². The molecular weight excluding hydrogens is 354 g/mol. The van der Waals surface area contributed by atoms with E-state index in [1.54, 1.807) is 18.2 Å². The molecule has 0 fully saturated rings. The van der Waals surface area contributed by atoms with E-state index in [0.29, 0.717) is 29.2 Å². The molecule has 1 aromatic rings. The number of rotatable bonds is 7. The third-order valence-corrected chi connectivity index (χ3v) is 4.49. The Morgan fingerprint density at radius 1 is 1.40 bits per heavy atom. The maximum Gasteiger partial charge on any atom is 0.124 e. The van der Waals surface area contributed by atoms with Gasteiger partial charge in [-0.3, -0.25) is 0 Å².